The van der Waals surface area contributed by atoms with Crippen LogP contribution in [0.25, 0.3) is 6.20 Å². The molecular weight excluding hydrogens is 472 g/mol. The number of ether oxygens (including phenoxy) is 1. The van der Waals surface area contributed by atoms with Crippen LogP contribution in [-0.2, 0) is 14.3 Å². The van der Waals surface area contributed by atoms with Gasteiger partial charge < -0.3 is 25.6 Å². The Hall–Kier alpha value is -2.88. The van der Waals surface area contributed by atoms with Gasteiger partial charge in [-0.2, -0.15) is 5.10 Å². The van der Waals surface area contributed by atoms with E-state index in [1.165, 1.54) is 6.92 Å². The summed E-state index contributed by atoms with van der Waals surface area (Å²) in [7, 11) is 0. The molecule has 3 amide bonds. The minimum absolute atomic E-state index is 0.0415. The van der Waals surface area contributed by atoms with E-state index in [2.05, 4.69) is 25.9 Å². The molecule has 2 atom stereocenters. The second-order valence-corrected chi connectivity index (χ2v) is 12.1. The van der Waals surface area contributed by atoms with Crippen LogP contribution in [0.3, 0.4) is 0 Å². The minimum Gasteiger partial charge on any atom is -0.378 e. The van der Waals surface area contributed by atoms with E-state index in [1.807, 2.05) is 26.1 Å². The van der Waals surface area contributed by atoms with Gasteiger partial charge in [0, 0.05) is 44.7 Å². The molecule has 4 bridgehead atoms. The number of anilines is 1. The number of hydrogen-bond acceptors (Lipinski definition) is 6. The maximum absolute atomic E-state index is 13.7. The largest absolute Gasteiger partial charge is 0.378 e. The summed E-state index contributed by atoms with van der Waals surface area (Å²) < 4.78 is 7.28. The molecule has 6 rings (SSSR count). The fraction of sp³-hybridized carbons (Fsp3) is 0.704. The molecule has 4 saturated carbocycles. The molecule has 4 aliphatic carbocycles. The quantitative estimate of drug-likeness (QED) is 0.514. The van der Waals surface area contributed by atoms with Crippen molar-refractivity contribution in [2.75, 3.05) is 31.2 Å². The summed E-state index contributed by atoms with van der Waals surface area (Å²) in [6.45, 7) is 9.45. The molecule has 0 spiro atoms. The Bertz CT molecular complexity index is 1070. The first-order valence-electron chi connectivity index (χ1n) is 13.5. The Kier molecular flexibility index (Phi) is 6.81. The van der Waals surface area contributed by atoms with Gasteiger partial charge in [0.2, 0.25) is 11.8 Å². The van der Waals surface area contributed by atoms with Gasteiger partial charge in [-0.1, -0.05) is 0 Å². The van der Waals surface area contributed by atoms with Crippen LogP contribution in [0.2, 0.25) is 0 Å². The van der Waals surface area contributed by atoms with Crippen molar-refractivity contribution in [3.05, 3.63) is 17.8 Å². The standard InChI is InChI=1S/C27H40N6O4/c1-17(34)30-26(3,4)5-6-33-25(32-7-9-37-10-8-32)22(16-28-33)24(36)29-23-20-11-19-12-21(23)15-27(13-19,14-20)31-18(2)35/h5-6,16,19-21,23H,7-15H2,1-4H3,(H,29,36)(H,30,34)(H,31,35)/b6-5+. The van der Waals surface area contributed by atoms with E-state index < -0.39 is 5.54 Å². The fourth-order valence-electron chi connectivity index (χ4n) is 7.48. The third-order valence-corrected chi connectivity index (χ3v) is 8.47. The molecule has 2 heterocycles. The van der Waals surface area contributed by atoms with Gasteiger partial charge in [0.15, 0.2) is 0 Å². The zero-order chi connectivity index (χ0) is 26.4. The van der Waals surface area contributed by atoms with E-state index in [4.69, 9.17) is 4.74 Å². The number of carbonyl (C=O) groups excluding carboxylic acids is 3. The third-order valence-electron chi connectivity index (χ3n) is 8.47. The monoisotopic (exact) mass is 512 g/mol. The van der Waals surface area contributed by atoms with Gasteiger partial charge in [-0.05, 0) is 69.8 Å². The van der Waals surface area contributed by atoms with Crippen molar-refractivity contribution in [2.45, 2.75) is 76.9 Å². The van der Waals surface area contributed by atoms with Crippen LogP contribution in [0.5, 0.6) is 0 Å². The third kappa shape index (κ3) is 5.39. The molecule has 1 aromatic heterocycles. The Balaban J connectivity index is 1.37. The lowest BCUT2D eigenvalue weighted by Gasteiger charge is -2.60. The maximum Gasteiger partial charge on any atom is 0.256 e. The van der Waals surface area contributed by atoms with E-state index >= 15 is 0 Å². The van der Waals surface area contributed by atoms with Crippen LogP contribution in [0, 0.1) is 17.8 Å². The van der Waals surface area contributed by atoms with Crippen molar-refractivity contribution < 1.29 is 19.1 Å². The zero-order valence-corrected chi connectivity index (χ0v) is 22.4. The Morgan fingerprint density at radius 1 is 1.08 bits per heavy atom. The van der Waals surface area contributed by atoms with Crippen molar-refractivity contribution in [1.82, 2.24) is 25.7 Å². The highest BCUT2D eigenvalue weighted by molar-refractivity contribution is 5.99. The molecule has 5 aliphatic rings. The zero-order valence-electron chi connectivity index (χ0n) is 22.4. The number of amides is 3. The van der Waals surface area contributed by atoms with E-state index in [0.717, 1.165) is 37.9 Å². The Morgan fingerprint density at radius 3 is 2.38 bits per heavy atom. The highest BCUT2D eigenvalue weighted by atomic mass is 16.5. The average molecular weight is 513 g/mol. The Labute approximate surface area is 218 Å². The number of aromatic nitrogens is 2. The van der Waals surface area contributed by atoms with Crippen molar-refractivity contribution in [3.63, 3.8) is 0 Å². The fourth-order valence-corrected chi connectivity index (χ4v) is 7.48. The van der Waals surface area contributed by atoms with E-state index in [0.29, 0.717) is 49.6 Å². The smallest absolute Gasteiger partial charge is 0.256 e. The molecule has 2 unspecified atom stereocenters. The van der Waals surface area contributed by atoms with Gasteiger partial charge in [-0.15, -0.1) is 0 Å². The summed E-state index contributed by atoms with van der Waals surface area (Å²) in [5.74, 6) is 1.95. The highest BCUT2D eigenvalue weighted by Gasteiger charge is 2.56. The number of hydrogen-bond donors (Lipinski definition) is 3. The lowest BCUT2D eigenvalue weighted by molar-refractivity contribution is -0.125. The van der Waals surface area contributed by atoms with Gasteiger partial charge in [-0.25, -0.2) is 4.68 Å². The molecule has 0 radical (unpaired) electrons. The predicted molar refractivity (Wildman–Crippen MR) is 140 cm³/mol. The first kappa shape index (κ1) is 25.8. The molecule has 202 valence electrons. The molecule has 1 aliphatic heterocycles. The van der Waals surface area contributed by atoms with Crippen LogP contribution < -0.4 is 20.9 Å². The van der Waals surface area contributed by atoms with E-state index in [1.54, 1.807) is 17.8 Å². The lowest BCUT2D eigenvalue weighted by Crippen LogP contribution is -2.66. The van der Waals surface area contributed by atoms with Crippen LogP contribution in [0.1, 0.15) is 70.2 Å². The van der Waals surface area contributed by atoms with Gasteiger partial charge in [0.1, 0.15) is 11.4 Å². The van der Waals surface area contributed by atoms with Gasteiger partial charge in [-0.3, -0.25) is 14.4 Å². The van der Waals surface area contributed by atoms with Gasteiger partial charge in [0.25, 0.3) is 5.91 Å². The second-order valence-electron chi connectivity index (χ2n) is 12.1. The number of nitrogens with one attached hydrogen (secondary N) is 3. The maximum atomic E-state index is 13.7. The summed E-state index contributed by atoms with van der Waals surface area (Å²) in [6.07, 6.45) is 10.5. The van der Waals surface area contributed by atoms with Crippen LogP contribution >= 0.6 is 0 Å². The topological polar surface area (TPSA) is 118 Å². The van der Waals surface area contributed by atoms with Crippen molar-refractivity contribution >= 4 is 29.7 Å². The predicted octanol–water partition coefficient (Wildman–Crippen LogP) is 1.92. The van der Waals surface area contributed by atoms with E-state index in [-0.39, 0.29) is 29.3 Å². The highest BCUT2D eigenvalue weighted by Crippen LogP contribution is 2.55. The molecule has 5 fully saturated rings. The average Bonchev–Trinajstić information content (AvgIpc) is 3.23. The normalized spacial score (nSPS) is 31.0. The van der Waals surface area contributed by atoms with Gasteiger partial charge >= 0.3 is 0 Å². The Morgan fingerprint density at radius 2 is 1.76 bits per heavy atom. The molecular formula is C27H40N6O4. The first-order valence-corrected chi connectivity index (χ1v) is 13.5. The van der Waals surface area contributed by atoms with Crippen molar-refractivity contribution in [1.29, 1.82) is 0 Å². The van der Waals surface area contributed by atoms with E-state index in [9.17, 15) is 14.4 Å². The molecule has 37 heavy (non-hydrogen) atoms. The first-order chi connectivity index (χ1) is 17.5. The van der Waals surface area contributed by atoms with Crippen LogP contribution in [0.15, 0.2) is 12.3 Å². The minimum atomic E-state index is -0.563. The molecule has 10 heteroatoms. The lowest BCUT2D eigenvalue weighted by atomic mass is 9.51. The van der Waals surface area contributed by atoms with Crippen LogP contribution in [0.4, 0.5) is 5.82 Å². The van der Waals surface area contributed by atoms with Crippen LogP contribution in [-0.4, -0.2) is 70.9 Å². The number of rotatable bonds is 7. The summed E-state index contributed by atoms with van der Waals surface area (Å²) in [4.78, 5) is 39.4. The van der Waals surface area contributed by atoms with Crippen molar-refractivity contribution in [2.24, 2.45) is 17.8 Å². The molecule has 1 aromatic rings. The molecule has 0 aromatic carbocycles. The van der Waals surface area contributed by atoms with Crippen molar-refractivity contribution in [3.8, 4) is 0 Å². The number of morpholine rings is 1. The number of nitrogens with zero attached hydrogens (tertiary/aromatic N) is 3. The summed E-state index contributed by atoms with van der Waals surface area (Å²) in [5.41, 5.74) is -0.111. The SMILES string of the molecule is CC(=O)NC(C)(C)/C=C/n1ncc(C(=O)NC2C3CC4CC2CC(NC(C)=O)(C4)C3)c1N1CCOCC1. The second kappa shape index (κ2) is 9.78. The molecule has 10 nitrogen and oxygen atoms in total. The number of carbonyl (C=O) groups is 3. The summed E-state index contributed by atoms with van der Waals surface area (Å²) in [6, 6.07) is 0.112. The summed E-state index contributed by atoms with van der Waals surface area (Å²) in [5, 5.41) is 14.1. The van der Waals surface area contributed by atoms with Gasteiger partial charge in [0.05, 0.1) is 24.9 Å². The molecule has 3 N–H and O–H groups in total. The summed E-state index contributed by atoms with van der Waals surface area (Å²) >= 11 is 0. The molecule has 1 saturated heterocycles.